The molecule has 2 heterocycles. The maximum absolute atomic E-state index is 12.3. The van der Waals surface area contributed by atoms with Crippen LogP contribution in [0.4, 0.5) is 0 Å². The molecule has 292 valence electrons. The zero-order chi connectivity index (χ0) is 40.0. The van der Waals surface area contributed by atoms with Crippen LogP contribution in [-0.4, -0.2) is 37.5 Å². The van der Waals surface area contributed by atoms with E-state index < -0.39 is 0 Å². The lowest BCUT2D eigenvalue weighted by Crippen LogP contribution is -2.20. The van der Waals surface area contributed by atoms with Gasteiger partial charge in [0.15, 0.2) is 0 Å². The molecular formula is C52H42O5S2. The molecule has 1 aliphatic carbocycles. The van der Waals surface area contributed by atoms with E-state index in [2.05, 4.69) is 121 Å². The van der Waals surface area contributed by atoms with Gasteiger partial charge in [0.05, 0.1) is 12.5 Å². The quantitative estimate of drug-likeness (QED) is 0.104. The predicted molar refractivity (Wildman–Crippen MR) is 247 cm³/mol. The maximum atomic E-state index is 12.3. The summed E-state index contributed by atoms with van der Waals surface area (Å²) in [5.74, 6) is 0.831. The Labute approximate surface area is 350 Å². The Kier molecular flexibility index (Phi) is 9.89. The summed E-state index contributed by atoms with van der Waals surface area (Å²) >= 11 is 3.71. The molecule has 0 unspecified atom stereocenters. The van der Waals surface area contributed by atoms with Crippen LogP contribution in [0.2, 0.25) is 0 Å². The van der Waals surface area contributed by atoms with Crippen molar-refractivity contribution < 1.29 is 24.1 Å². The summed E-state index contributed by atoms with van der Waals surface area (Å²) in [7, 11) is 0. The van der Waals surface area contributed by atoms with Gasteiger partial charge in [-0.2, -0.15) is 0 Å². The average Bonchev–Trinajstić information content (AvgIpc) is 3.85. The van der Waals surface area contributed by atoms with Crippen LogP contribution in [-0.2, 0) is 9.53 Å². The Morgan fingerprint density at radius 2 is 1.22 bits per heavy atom. The molecule has 5 nitrogen and oxygen atoms in total. The van der Waals surface area contributed by atoms with E-state index in [0.29, 0.717) is 11.5 Å². The van der Waals surface area contributed by atoms with E-state index >= 15 is 0 Å². The fourth-order valence-electron chi connectivity index (χ4n) is 8.49. The largest absolute Gasteiger partial charge is 0.491 e. The highest BCUT2D eigenvalue weighted by Gasteiger charge is 2.22. The van der Waals surface area contributed by atoms with Crippen molar-refractivity contribution in [1.29, 1.82) is 0 Å². The van der Waals surface area contributed by atoms with Gasteiger partial charge < -0.3 is 19.3 Å². The molecule has 1 aliphatic rings. The van der Waals surface area contributed by atoms with Gasteiger partial charge in [0.1, 0.15) is 31.3 Å². The molecule has 0 aliphatic heterocycles. The first-order chi connectivity index (χ1) is 29.0. The Morgan fingerprint density at radius 1 is 0.610 bits per heavy atom. The standard InChI is InChI=1S/C52H42O5S2/c1-31(2)52(54)57-28-27-56-45-24-20-33-30-35(39-12-8-14-43-41-10-4-6-16-47(41)59-51(39)43)18-22-37(33)49(45)48-36-21-17-34(29-32(36)19-23-44(48)55-26-25-53)38-11-7-13-42-40-9-3-5-15-46(40)58-50(38)42/h4,6-24,29-31,53H,3,5,25-28H2,1-2H3. The zero-order valence-corrected chi connectivity index (χ0v) is 34.6. The maximum Gasteiger partial charge on any atom is 0.308 e. The highest BCUT2D eigenvalue weighted by molar-refractivity contribution is 7.26. The first-order valence-corrected chi connectivity index (χ1v) is 21.9. The highest BCUT2D eigenvalue weighted by Crippen LogP contribution is 2.48. The van der Waals surface area contributed by atoms with Crippen molar-refractivity contribution in [1.82, 2.24) is 0 Å². The molecule has 0 fully saturated rings. The van der Waals surface area contributed by atoms with E-state index in [1.54, 1.807) is 0 Å². The van der Waals surface area contributed by atoms with Gasteiger partial charge in [-0.15, -0.1) is 22.7 Å². The van der Waals surface area contributed by atoms with Crippen LogP contribution >= 0.6 is 22.7 Å². The van der Waals surface area contributed by atoms with E-state index in [9.17, 15) is 9.90 Å². The highest BCUT2D eigenvalue weighted by atomic mass is 32.1. The van der Waals surface area contributed by atoms with Crippen molar-refractivity contribution in [3.63, 3.8) is 0 Å². The van der Waals surface area contributed by atoms with Gasteiger partial charge in [0.2, 0.25) is 0 Å². The van der Waals surface area contributed by atoms with E-state index in [0.717, 1.165) is 56.6 Å². The molecule has 0 bridgehead atoms. The Balaban J connectivity index is 1.15. The van der Waals surface area contributed by atoms with Gasteiger partial charge in [0.25, 0.3) is 0 Å². The summed E-state index contributed by atoms with van der Waals surface area (Å²) in [5, 5.41) is 19.3. The topological polar surface area (TPSA) is 65.0 Å². The first-order valence-electron chi connectivity index (χ1n) is 20.3. The van der Waals surface area contributed by atoms with Crippen LogP contribution < -0.4 is 19.2 Å². The molecule has 0 spiro atoms. The molecule has 59 heavy (non-hydrogen) atoms. The fourth-order valence-corrected chi connectivity index (χ4v) is 11.0. The van der Waals surface area contributed by atoms with Crippen molar-refractivity contribution in [3.05, 3.63) is 131 Å². The average molecular weight is 811 g/mol. The van der Waals surface area contributed by atoms with Gasteiger partial charge in [-0.1, -0.05) is 117 Å². The molecule has 0 radical (unpaired) electrons. The third-order valence-electron chi connectivity index (χ3n) is 11.3. The molecule has 0 amide bonds. The second kappa shape index (κ2) is 15.6. The van der Waals surface area contributed by atoms with Crippen LogP contribution in [0.5, 0.6) is 11.5 Å². The van der Waals surface area contributed by atoms with Gasteiger partial charge in [-0.05, 0) is 92.2 Å². The zero-order valence-electron chi connectivity index (χ0n) is 32.9. The second-order valence-corrected chi connectivity index (χ2v) is 17.4. The number of thiophene rings is 2. The van der Waals surface area contributed by atoms with Gasteiger partial charge in [-0.3, -0.25) is 4.79 Å². The first kappa shape index (κ1) is 37.3. The van der Waals surface area contributed by atoms with E-state index in [1.165, 1.54) is 51.1 Å². The minimum atomic E-state index is -0.257. The number of hydrogen-bond donors (Lipinski definition) is 1. The summed E-state index contributed by atoms with van der Waals surface area (Å²) in [6, 6.07) is 43.4. The SMILES string of the molecule is CC(C)C(=O)OCCOc1ccc2cc(-c3cccc4c3sc3ccccc34)ccc2c1-c1c(OCCO)ccc2cc(-c3cccc4c5c(sc34)=CCCC=5)ccc12. The normalized spacial score (nSPS) is 12.6. The number of benzene rings is 7. The molecular weight excluding hydrogens is 769 g/mol. The van der Waals surface area contributed by atoms with Crippen molar-refractivity contribution in [2.45, 2.75) is 26.7 Å². The minimum Gasteiger partial charge on any atom is -0.491 e. The van der Waals surface area contributed by atoms with Crippen LogP contribution in [0.1, 0.15) is 26.7 Å². The Morgan fingerprint density at radius 3 is 1.90 bits per heavy atom. The van der Waals surface area contributed by atoms with Gasteiger partial charge in [0, 0.05) is 45.9 Å². The number of fused-ring (bicyclic) bond motifs is 8. The van der Waals surface area contributed by atoms with Gasteiger partial charge in [-0.25, -0.2) is 0 Å². The third-order valence-corrected chi connectivity index (χ3v) is 13.7. The number of hydrogen-bond acceptors (Lipinski definition) is 7. The van der Waals surface area contributed by atoms with Crippen molar-refractivity contribution in [3.8, 4) is 44.9 Å². The smallest absolute Gasteiger partial charge is 0.308 e. The molecule has 0 saturated heterocycles. The number of aliphatic hydroxyl groups excluding tert-OH is 1. The molecule has 0 atom stereocenters. The molecule has 7 aromatic carbocycles. The molecule has 10 rings (SSSR count). The molecule has 0 saturated carbocycles. The summed E-state index contributed by atoms with van der Waals surface area (Å²) in [4.78, 5) is 12.3. The number of ether oxygens (including phenoxy) is 3. The van der Waals surface area contributed by atoms with Crippen molar-refractivity contribution in [2.24, 2.45) is 5.92 Å². The molecule has 7 heteroatoms. The lowest BCUT2D eigenvalue weighted by Gasteiger charge is -2.20. The summed E-state index contributed by atoms with van der Waals surface area (Å²) in [6.07, 6.45) is 6.91. The number of rotatable bonds is 11. The van der Waals surface area contributed by atoms with Crippen LogP contribution in [0.3, 0.4) is 0 Å². The lowest BCUT2D eigenvalue weighted by molar-refractivity contribution is -0.148. The van der Waals surface area contributed by atoms with Crippen LogP contribution in [0.25, 0.3) is 97.3 Å². The lowest BCUT2D eigenvalue weighted by atomic mass is 9.89. The van der Waals surface area contributed by atoms with Gasteiger partial charge >= 0.3 is 5.97 Å². The van der Waals surface area contributed by atoms with E-state index in [-0.39, 0.29) is 38.3 Å². The monoisotopic (exact) mass is 810 g/mol. The Hall–Kier alpha value is -5.99. The van der Waals surface area contributed by atoms with Crippen LogP contribution in [0.15, 0.2) is 121 Å². The third kappa shape index (κ3) is 6.73. The second-order valence-electron chi connectivity index (χ2n) is 15.3. The van der Waals surface area contributed by atoms with Crippen molar-refractivity contribution in [2.75, 3.05) is 26.4 Å². The van der Waals surface area contributed by atoms with Crippen molar-refractivity contribution >= 4 is 92.6 Å². The summed E-state index contributed by atoms with van der Waals surface area (Å²) in [5.41, 5.74) is 6.47. The van der Waals surface area contributed by atoms with Crippen LogP contribution in [0, 0.1) is 5.92 Å². The number of esters is 1. The van der Waals surface area contributed by atoms with E-state index in [4.69, 9.17) is 14.2 Å². The predicted octanol–water partition coefficient (Wildman–Crippen LogP) is 11.9. The fraction of sp³-hybridized carbons (Fsp3) is 0.173. The summed E-state index contributed by atoms with van der Waals surface area (Å²) < 4.78 is 23.6. The molecule has 9 aromatic rings. The minimum absolute atomic E-state index is 0.118. The number of carbonyl (C=O) groups is 1. The summed E-state index contributed by atoms with van der Waals surface area (Å²) in [6.45, 7) is 4.00. The molecule has 2 aromatic heterocycles. The molecule has 1 N–H and O–H groups in total. The van der Waals surface area contributed by atoms with E-state index in [1.807, 2.05) is 48.7 Å². The Bertz CT molecular complexity index is 3230. The number of carbonyl (C=O) groups excluding carboxylic acids is 1. The number of aliphatic hydroxyl groups is 1.